The van der Waals surface area contributed by atoms with Gasteiger partial charge in [0.25, 0.3) is 0 Å². The molecule has 0 aliphatic rings. The van der Waals surface area contributed by atoms with Gasteiger partial charge in [-0.2, -0.15) is 0 Å². The fourth-order valence-electron chi connectivity index (χ4n) is 8.75. The molecule has 0 bridgehead atoms. The summed E-state index contributed by atoms with van der Waals surface area (Å²) in [6.07, 6.45) is -10.3. The Bertz CT molecular complexity index is 2020. The van der Waals surface area contributed by atoms with Gasteiger partial charge >= 0.3 is 263 Å². The quantitative estimate of drug-likeness (QED) is 0.0929. The van der Waals surface area contributed by atoms with Crippen LogP contribution in [-0.2, 0) is 0 Å². The maximum absolute atomic E-state index is 13.7. The van der Waals surface area contributed by atoms with Crippen molar-refractivity contribution >= 4 is 35.8 Å². The Kier molecular flexibility index (Phi) is 13.6. The van der Waals surface area contributed by atoms with Crippen molar-refractivity contribution in [2.24, 2.45) is 0 Å². The summed E-state index contributed by atoms with van der Waals surface area (Å²) in [7, 11) is -5.49. The summed E-state index contributed by atoms with van der Waals surface area (Å²) in [6.45, 7) is 23.4. The number of aryl methyl sites for hydroxylation is 12. The third-order valence-corrected chi connectivity index (χ3v) is 15.5. The zero-order chi connectivity index (χ0) is 42.9. The van der Waals surface area contributed by atoms with Crippen molar-refractivity contribution in [3.05, 3.63) is 133 Å². The molecule has 5 aromatic carbocycles. The maximum atomic E-state index is 13.7. The molecule has 0 saturated heterocycles. The van der Waals surface area contributed by atoms with Crippen LogP contribution in [-0.4, -0.2) is 30.1 Å². The topological polar surface area (TPSA) is 68.2 Å². The Morgan fingerprint density at radius 1 is 0.421 bits per heavy atom. The van der Waals surface area contributed by atoms with E-state index < -0.39 is 38.8 Å². The van der Waals surface area contributed by atoms with Crippen LogP contribution < -0.4 is 35.3 Å². The zero-order valence-electron chi connectivity index (χ0n) is 34.3. The molecule has 0 amide bonds. The Labute approximate surface area is 332 Å². The number of halogens is 6. The van der Waals surface area contributed by atoms with Crippen LogP contribution in [0.4, 0.5) is 26.3 Å². The molecule has 5 nitrogen and oxygen atoms in total. The van der Waals surface area contributed by atoms with Gasteiger partial charge in [0.05, 0.1) is 0 Å². The summed E-state index contributed by atoms with van der Waals surface area (Å²) >= 11 is 0. The molecule has 0 unspecified atom stereocenters. The molecule has 0 aromatic heterocycles. The number of benzene rings is 5. The molecule has 5 aromatic rings. The van der Waals surface area contributed by atoms with Crippen molar-refractivity contribution in [1.29, 1.82) is 0 Å². The number of alkyl halides is 6. The second-order valence-electron chi connectivity index (χ2n) is 15.0. The second-order valence-corrected chi connectivity index (χ2v) is 18.6. The molecule has 2 N–H and O–H groups in total. The van der Waals surface area contributed by atoms with E-state index in [0.29, 0.717) is 17.1 Å². The van der Waals surface area contributed by atoms with Gasteiger partial charge in [-0.15, -0.1) is 0 Å². The van der Waals surface area contributed by atoms with E-state index in [9.17, 15) is 26.3 Å². The fourth-order valence-corrected chi connectivity index (χ4v) is 15.1. The number of hydrogen-bond donors (Lipinski definition) is 2. The van der Waals surface area contributed by atoms with E-state index in [1.54, 1.807) is 0 Å². The van der Waals surface area contributed by atoms with E-state index in [-0.39, 0.29) is 0 Å². The molecule has 306 valence electrons. The average molecular weight is 815 g/mol. The van der Waals surface area contributed by atoms with Gasteiger partial charge in [-0.1, -0.05) is 17.7 Å². The molecule has 13 heteroatoms. The second kappa shape index (κ2) is 17.2. The van der Waals surface area contributed by atoms with Crippen LogP contribution in [0.15, 0.2) is 66.7 Å². The van der Waals surface area contributed by atoms with E-state index in [4.69, 9.17) is 14.7 Å². The first-order valence-corrected chi connectivity index (χ1v) is 20.3. The zero-order valence-corrected chi connectivity index (χ0v) is 35.3. The summed E-state index contributed by atoms with van der Waals surface area (Å²) in [5.74, 6) is -1.02. The van der Waals surface area contributed by atoms with E-state index in [2.05, 4.69) is 9.47 Å². The molecule has 0 saturated carbocycles. The van der Waals surface area contributed by atoms with Gasteiger partial charge in [0, 0.05) is 0 Å². The van der Waals surface area contributed by atoms with Crippen LogP contribution in [0.25, 0.3) is 0 Å². The molecule has 57 heavy (non-hydrogen) atoms. The summed E-state index contributed by atoms with van der Waals surface area (Å²) in [5.41, 5.74) is 11.3. The average Bonchev–Trinajstić information content (AvgIpc) is 2.99. The molecule has 0 aliphatic heterocycles. The van der Waals surface area contributed by atoms with Gasteiger partial charge in [0.15, 0.2) is 0 Å². The molecule has 0 radical (unpaired) electrons. The van der Waals surface area contributed by atoms with Crippen LogP contribution in [0.3, 0.4) is 0 Å². The molecule has 0 heterocycles. The van der Waals surface area contributed by atoms with Crippen LogP contribution in [0.5, 0.6) is 17.2 Å². The van der Waals surface area contributed by atoms with Gasteiger partial charge < -0.3 is 14.7 Å². The molecule has 5 rings (SSSR count). The number of rotatable bonds is 8. The molecular weight excluding hydrogens is 764 g/mol. The van der Waals surface area contributed by atoms with Gasteiger partial charge in [0.1, 0.15) is 5.75 Å². The Balaban J connectivity index is 0.000000469. The first-order chi connectivity index (χ1) is 26.2. The third-order valence-electron chi connectivity index (χ3n) is 9.76. The Morgan fingerprint density at radius 2 is 0.684 bits per heavy atom. The minimum atomic E-state index is -5.14. The molecule has 0 atom stereocenters. The van der Waals surface area contributed by atoms with Crippen LogP contribution in [0.2, 0.25) is 0 Å². The van der Waals surface area contributed by atoms with Gasteiger partial charge in [-0.05, 0) is 31.9 Å². The van der Waals surface area contributed by atoms with Crippen LogP contribution in [0.1, 0.15) is 66.8 Å². The normalized spacial score (nSPS) is 12.1. The SMILES string of the molecule is Cc1cc(C)c(OB(O)O)c(C)c1.Cc1cc(C)c([PH](c2cc(OC(F)(F)F)cc(OC(F)(F)F)c2)(c2c(C)cc(C)cc2C)c2c(C)cc(C)cc2C)c(C)c1. The molecular formula is C44H50BF6O5P. The summed E-state index contributed by atoms with van der Waals surface area (Å²) in [6, 6.07) is 19.1. The van der Waals surface area contributed by atoms with Crippen molar-refractivity contribution in [1.82, 2.24) is 0 Å². The van der Waals surface area contributed by atoms with Crippen molar-refractivity contribution in [2.75, 3.05) is 0 Å². The van der Waals surface area contributed by atoms with Gasteiger partial charge in [0.2, 0.25) is 0 Å². The Hall–Kier alpha value is -4.51. The fraction of sp³-hybridized carbons (Fsp3) is 0.318. The molecule has 0 fully saturated rings. The van der Waals surface area contributed by atoms with Crippen LogP contribution >= 0.6 is 7.26 Å². The van der Waals surface area contributed by atoms with Crippen molar-refractivity contribution in [2.45, 2.75) is 95.8 Å². The van der Waals surface area contributed by atoms with Gasteiger partial charge in [-0.3, -0.25) is 0 Å². The van der Waals surface area contributed by atoms with Crippen molar-refractivity contribution < 1.29 is 50.5 Å². The summed E-state index contributed by atoms with van der Waals surface area (Å²) in [5, 5.41) is 20.3. The van der Waals surface area contributed by atoms with Crippen molar-refractivity contribution in [3.8, 4) is 17.2 Å². The minimum absolute atomic E-state index is 0.290. The summed E-state index contributed by atoms with van der Waals surface area (Å²) in [4.78, 5) is 0. The van der Waals surface area contributed by atoms with Crippen molar-refractivity contribution in [3.63, 3.8) is 0 Å². The number of ether oxygens (including phenoxy) is 2. The molecule has 0 spiro atoms. The molecule has 0 aliphatic carbocycles. The number of hydrogen-bond acceptors (Lipinski definition) is 5. The van der Waals surface area contributed by atoms with E-state index in [1.165, 1.54) is 12.1 Å². The predicted molar refractivity (Wildman–Crippen MR) is 220 cm³/mol. The van der Waals surface area contributed by atoms with E-state index in [0.717, 1.165) is 82.7 Å². The van der Waals surface area contributed by atoms with E-state index >= 15 is 0 Å². The first kappa shape index (κ1) is 45.2. The van der Waals surface area contributed by atoms with E-state index in [1.807, 2.05) is 132 Å². The predicted octanol–water partition coefficient (Wildman–Crippen LogP) is 9.57. The third kappa shape index (κ3) is 10.5. The monoisotopic (exact) mass is 814 g/mol. The first-order valence-electron chi connectivity index (χ1n) is 18.3. The van der Waals surface area contributed by atoms with Crippen LogP contribution in [0, 0.1) is 83.1 Å². The Morgan fingerprint density at radius 3 is 0.930 bits per heavy atom. The van der Waals surface area contributed by atoms with Gasteiger partial charge in [-0.25, -0.2) is 0 Å². The standard InChI is InChI=1S/C35H37F6O2P.C9H13BO3/c1-19-10-22(4)31(23(5)11-19)44(32-24(6)12-20(2)13-25(32)7,33-26(8)14-21(3)15-27(33)9)30-17-28(42-34(36,37)38)16-29(18-30)43-35(39,40)41;1-6-4-7(2)9(8(3)5-6)13-10(11)12/h10-18,44H,1-9H3;4-5,11-12H,1-3H3. The summed E-state index contributed by atoms with van der Waals surface area (Å²) < 4.78 is 95.4.